The SMILES string of the molecule is CC[C@@H](NC(=O)CCc1c(C)nc2ncnn2c1C)c1ccc(OC)cc1. The monoisotopic (exact) mass is 367 g/mol. The lowest BCUT2D eigenvalue weighted by atomic mass is 10.0. The lowest BCUT2D eigenvalue weighted by Crippen LogP contribution is -2.28. The van der Waals surface area contributed by atoms with E-state index in [2.05, 4.69) is 27.3 Å². The molecule has 0 saturated heterocycles. The van der Waals surface area contributed by atoms with Gasteiger partial charge in [0.05, 0.1) is 13.2 Å². The van der Waals surface area contributed by atoms with E-state index in [0.717, 1.165) is 34.7 Å². The van der Waals surface area contributed by atoms with Gasteiger partial charge in [-0.05, 0) is 49.9 Å². The molecule has 7 nitrogen and oxygen atoms in total. The van der Waals surface area contributed by atoms with Crippen molar-refractivity contribution in [1.82, 2.24) is 24.9 Å². The van der Waals surface area contributed by atoms with E-state index < -0.39 is 0 Å². The molecule has 142 valence electrons. The first kappa shape index (κ1) is 18.8. The number of carbonyl (C=O) groups excluding carboxylic acids is 1. The van der Waals surface area contributed by atoms with E-state index in [1.54, 1.807) is 11.6 Å². The molecule has 1 aromatic carbocycles. The van der Waals surface area contributed by atoms with Gasteiger partial charge in [-0.2, -0.15) is 10.1 Å². The minimum atomic E-state index is -0.0125. The number of amides is 1. The molecule has 1 atom stereocenters. The molecule has 1 N–H and O–H groups in total. The van der Waals surface area contributed by atoms with Crippen molar-refractivity contribution in [2.24, 2.45) is 0 Å². The van der Waals surface area contributed by atoms with Crippen LogP contribution in [-0.2, 0) is 11.2 Å². The van der Waals surface area contributed by atoms with Gasteiger partial charge in [0, 0.05) is 17.8 Å². The minimum absolute atomic E-state index is 0.0125. The van der Waals surface area contributed by atoms with Crippen LogP contribution in [-0.4, -0.2) is 32.6 Å². The fourth-order valence-electron chi connectivity index (χ4n) is 3.28. The molecule has 0 fully saturated rings. The smallest absolute Gasteiger partial charge is 0.252 e. The number of ether oxygens (including phenoxy) is 1. The van der Waals surface area contributed by atoms with E-state index in [9.17, 15) is 4.79 Å². The fourth-order valence-corrected chi connectivity index (χ4v) is 3.28. The Kier molecular flexibility index (Phi) is 5.69. The molecule has 2 heterocycles. The van der Waals surface area contributed by atoms with Crippen LogP contribution >= 0.6 is 0 Å². The van der Waals surface area contributed by atoms with Crippen LogP contribution in [0, 0.1) is 13.8 Å². The number of hydrogen-bond donors (Lipinski definition) is 1. The van der Waals surface area contributed by atoms with E-state index >= 15 is 0 Å². The molecule has 1 amide bonds. The van der Waals surface area contributed by atoms with Crippen LogP contribution in [0.15, 0.2) is 30.6 Å². The molecule has 3 aromatic rings. The Morgan fingerprint density at radius 1 is 1.26 bits per heavy atom. The number of aromatic nitrogens is 4. The summed E-state index contributed by atoms with van der Waals surface area (Å²) in [5.74, 6) is 1.42. The number of fused-ring (bicyclic) bond motifs is 1. The molecule has 0 spiro atoms. The van der Waals surface area contributed by atoms with Gasteiger partial charge in [0.1, 0.15) is 12.1 Å². The topological polar surface area (TPSA) is 81.4 Å². The molecule has 0 radical (unpaired) electrons. The predicted molar refractivity (Wildman–Crippen MR) is 103 cm³/mol. The van der Waals surface area contributed by atoms with Crippen LogP contribution in [0.25, 0.3) is 5.78 Å². The van der Waals surface area contributed by atoms with Gasteiger partial charge >= 0.3 is 0 Å². The Labute approximate surface area is 158 Å². The first-order valence-corrected chi connectivity index (χ1v) is 9.12. The Morgan fingerprint density at radius 2 is 2.00 bits per heavy atom. The molecule has 7 heteroatoms. The van der Waals surface area contributed by atoms with Crippen LogP contribution in [0.3, 0.4) is 0 Å². The molecular formula is C20H25N5O2. The Morgan fingerprint density at radius 3 is 2.67 bits per heavy atom. The highest BCUT2D eigenvalue weighted by Gasteiger charge is 2.15. The normalized spacial score (nSPS) is 12.1. The lowest BCUT2D eigenvalue weighted by Gasteiger charge is -2.18. The van der Waals surface area contributed by atoms with Gasteiger partial charge < -0.3 is 10.1 Å². The first-order chi connectivity index (χ1) is 13.0. The summed E-state index contributed by atoms with van der Waals surface area (Å²) < 4.78 is 6.91. The molecular weight excluding hydrogens is 342 g/mol. The quantitative estimate of drug-likeness (QED) is 0.694. The zero-order chi connectivity index (χ0) is 19.4. The highest BCUT2D eigenvalue weighted by molar-refractivity contribution is 5.76. The van der Waals surface area contributed by atoms with Crippen LogP contribution in [0.2, 0.25) is 0 Å². The van der Waals surface area contributed by atoms with Crippen molar-refractivity contribution < 1.29 is 9.53 Å². The number of nitrogens with zero attached hydrogens (tertiary/aromatic N) is 4. The molecule has 0 unspecified atom stereocenters. The summed E-state index contributed by atoms with van der Waals surface area (Å²) in [4.78, 5) is 21.1. The number of methoxy groups -OCH3 is 1. The fraction of sp³-hybridized carbons (Fsp3) is 0.400. The second-order valence-electron chi connectivity index (χ2n) is 6.53. The average Bonchev–Trinajstić information content (AvgIpc) is 3.14. The van der Waals surface area contributed by atoms with Crippen molar-refractivity contribution >= 4 is 11.7 Å². The van der Waals surface area contributed by atoms with Gasteiger partial charge in [-0.3, -0.25) is 4.79 Å². The molecule has 3 rings (SSSR count). The average molecular weight is 367 g/mol. The summed E-state index contributed by atoms with van der Waals surface area (Å²) in [6.07, 6.45) is 3.33. The third kappa shape index (κ3) is 4.07. The van der Waals surface area contributed by atoms with Crippen molar-refractivity contribution in [1.29, 1.82) is 0 Å². The van der Waals surface area contributed by atoms with Crippen molar-refractivity contribution in [2.75, 3.05) is 7.11 Å². The van der Waals surface area contributed by atoms with Gasteiger partial charge in [-0.25, -0.2) is 9.50 Å². The number of hydrogen-bond acceptors (Lipinski definition) is 5. The summed E-state index contributed by atoms with van der Waals surface area (Å²) in [5, 5.41) is 7.32. The Hall–Kier alpha value is -2.96. The lowest BCUT2D eigenvalue weighted by molar-refractivity contribution is -0.121. The Balaban J connectivity index is 1.66. The maximum atomic E-state index is 12.5. The van der Waals surface area contributed by atoms with Gasteiger partial charge in [0.25, 0.3) is 5.78 Å². The molecule has 0 aliphatic rings. The second-order valence-corrected chi connectivity index (χ2v) is 6.53. The molecule has 2 aromatic heterocycles. The zero-order valence-electron chi connectivity index (χ0n) is 16.2. The number of nitrogens with one attached hydrogen (secondary N) is 1. The maximum absolute atomic E-state index is 12.5. The number of carbonyl (C=O) groups is 1. The van der Waals surface area contributed by atoms with Crippen LogP contribution < -0.4 is 10.1 Å². The van der Waals surface area contributed by atoms with Crippen molar-refractivity contribution in [2.45, 2.75) is 46.1 Å². The van der Waals surface area contributed by atoms with E-state index in [1.165, 1.54) is 6.33 Å². The summed E-state index contributed by atoms with van der Waals surface area (Å²) >= 11 is 0. The number of rotatable bonds is 7. The van der Waals surface area contributed by atoms with Crippen LogP contribution in [0.1, 0.15) is 48.3 Å². The zero-order valence-corrected chi connectivity index (χ0v) is 16.2. The summed E-state index contributed by atoms with van der Waals surface area (Å²) in [6.45, 7) is 5.99. The van der Waals surface area contributed by atoms with Crippen molar-refractivity contribution in [3.05, 3.63) is 53.1 Å². The predicted octanol–water partition coefficient (Wildman–Crippen LogP) is 2.95. The van der Waals surface area contributed by atoms with Crippen LogP contribution in [0.5, 0.6) is 5.75 Å². The van der Waals surface area contributed by atoms with E-state index in [-0.39, 0.29) is 11.9 Å². The van der Waals surface area contributed by atoms with E-state index in [4.69, 9.17) is 4.74 Å². The van der Waals surface area contributed by atoms with Gasteiger partial charge in [-0.1, -0.05) is 19.1 Å². The molecule has 0 aliphatic carbocycles. The van der Waals surface area contributed by atoms with Crippen molar-refractivity contribution in [3.8, 4) is 5.75 Å². The van der Waals surface area contributed by atoms with Gasteiger partial charge in [0.15, 0.2) is 0 Å². The number of aryl methyl sites for hydroxylation is 2. The molecule has 0 bridgehead atoms. The van der Waals surface area contributed by atoms with Gasteiger partial charge in [0.2, 0.25) is 5.91 Å². The van der Waals surface area contributed by atoms with Crippen molar-refractivity contribution in [3.63, 3.8) is 0 Å². The Bertz CT molecular complexity index is 933. The van der Waals surface area contributed by atoms with Gasteiger partial charge in [-0.15, -0.1) is 0 Å². The third-order valence-electron chi connectivity index (χ3n) is 4.85. The first-order valence-electron chi connectivity index (χ1n) is 9.12. The standard InChI is InChI=1S/C20H25N5O2/c1-5-18(15-6-8-16(27-4)9-7-15)24-19(26)11-10-17-13(2)23-20-21-12-22-25(20)14(17)3/h6-9,12,18H,5,10-11H2,1-4H3,(H,24,26)/t18-/m1/s1. The van der Waals surface area contributed by atoms with E-state index in [0.29, 0.717) is 18.6 Å². The maximum Gasteiger partial charge on any atom is 0.252 e. The van der Waals surface area contributed by atoms with Crippen LogP contribution in [0.4, 0.5) is 0 Å². The largest absolute Gasteiger partial charge is 0.497 e. The number of benzene rings is 1. The highest BCUT2D eigenvalue weighted by Crippen LogP contribution is 2.21. The molecule has 0 aliphatic heterocycles. The summed E-state index contributed by atoms with van der Waals surface area (Å²) in [7, 11) is 1.64. The van der Waals surface area contributed by atoms with E-state index in [1.807, 2.05) is 38.1 Å². The summed E-state index contributed by atoms with van der Waals surface area (Å²) in [5.41, 5.74) is 3.98. The molecule has 0 saturated carbocycles. The summed E-state index contributed by atoms with van der Waals surface area (Å²) in [6, 6.07) is 7.79. The highest BCUT2D eigenvalue weighted by atomic mass is 16.5. The second kappa shape index (κ2) is 8.16. The molecule has 27 heavy (non-hydrogen) atoms. The third-order valence-corrected chi connectivity index (χ3v) is 4.85. The minimum Gasteiger partial charge on any atom is -0.497 e.